The Bertz CT molecular complexity index is 594. The molecule has 0 spiro atoms. The molecule has 1 aromatic rings. The van der Waals surface area contributed by atoms with Gasteiger partial charge in [0.05, 0.1) is 17.8 Å². The quantitative estimate of drug-likeness (QED) is 0.686. The maximum atomic E-state index is 14.0. The second-order valence-corrected chi connectivity index (χ2v) is 6.36. The SMILES string of the molecule is CC1(C)OB(C(=Cc2ccc(C=O)cc2F)CO)OC1(C)C. The van der Waals surface area contributed by atoms with Crippen molar-refractivity contribution in [3.05, 3.63) is 40.6 Å². The molecule has 1 aromatic carbocycles. The highest BCUT2D eigenvalue weighted by Gasteiger charge is 2.52. The lowest BCUT2D eigenvalue weighted by Gasteiger charge is -2.32. The van der Waals surface area contributed by atoms with Crippen molar-refractivity contribution in [2.75, 3.05) is 6.61 Å². The Morgan fingerprint density at radius 1 is 1.27 bits per heavy atom. The monoisotopic (exact) mass is 306 g/mol. The standard InChI is InChI=1S/C16H20BFO4/c1-15(2)16(3,4)22-17(21-15)13(10-20)8-12-6-5-11(9-19)7-14(12)18/h5-9,20H,10H2,1-4H3. The van der Waals surface area contributed by atoms with Crippen LogP contribution in [0, 0.1) is 5.82 Å². The van der Waals surface area contributed by atoms with Crippen molar-refractivity contribution in [2.24, 2.45) is 0 Å². The summed E-state index contributed by atoms with van der Waals surface area (Å²) < 4.78 is 25.6. The third-order valence-electron chi connectivity index (χ3n) is 4.24. The molecule has 1 aliphatic heterocycles. The van der Waals surface area contributed by atoms with Gasteiger partial charge in [0, 0.05) is 11.1 Å². The van der Waals surface area contributed by atoms with Crippen molar-refractivity contribution in [1.82, 2.24) is 0 Å². The first-order chi connectivity index (χ1) is 10.2. The van der Waals surface area contributed by atoms with E-state index >= 15 is 0 Å². The molecule has 0 radical (unpaired) electrons. The lowest BCUT2D eigenvalue weighted by atomic mass is 9.77. The van der Waals surface area contributed by atoms with Crippen LogP contribution < -0.4 is 0 Å². The number of benzene rings is 1. The fourth-order valence-electron chi connectivity index (χ4n) is 2.12. The largest absolute Gasteiger partial charge is 0.492 e. The van der Waals surface area contributed by atoms with E-state index in [-0.39, 0.29) is 17.7 Å². The second kappa shape index (κ2) is 5.95. The van der Waals surface area contributed by atoms with E-state index < -0.39 is 24.1 Å². The molecular formula is C16H20BFO4. The van der Waals surface area contributed by atoms with Gasteiger partial charge in [-0.05, 0) is 39.2 Å². The third kappa shape index (κ3) is 3.14. The average Bonchev–Trinajstić information content (AvgIpc) is 2.65. The number of aliphatic hydroxyl groups excluding tert-OH is 1. The van der Waals surface area contributed by atoms with E-state index in [1.54, 1.807) is 0 Å². The zero-order chi connectivity index (χ0) is 16.5. The van der Waals surface area contributed by atoms with Gasteiger partial charge >= 0.3 is 7.12 Å². The van der Waals surface area contributed by atoms with Gasteiger partial charge in [0.2, 0.25) is 0 Å². The van der Waals surface area contributed by atoms with E-state index in [2.05, 4.69) is 0 Å². The molecule has 1 aliphatic rings. The second-order valence-electron chi connectivity index (χ2n) is 6.36. The van der Waals surface area contributed by atoms with Crippen LogP contribution in [0.2, 0.25) is 0 Å². The fourth-order valence-corrected chi connectivity index (χ4v) is 2.12. The molecule has 118 valence electrons. The summed E-state index contributed by atoms with van der Waals surface area (Å²) in [6.45, 7) is 7.30. The lowest BCUT2D eigenvalue weighted by molar-refractivity contribution is 0.00578. The van der Waals surface area contributed by atoms with E-state index in [0.717, 1.165) is 6.07 Å². The van der Waals surface area contributed by atoms with Crippen LogP contribution in [0.1, 0.15) is 43.6 Å². The first-order valence-corrected chi connectivity index (χ1v) is 7.12. The first kappa shape index (κ1) is 16.9. The molecule has 0 bridgehead atoms. The molecule has 0 amide bonds. The number of hydrogen-bond donors (Lipinski definition) is 1. The highest BCUT2D eigenvalue weighted by Crippen LogP contribution is 2.38. The molecule has 1 saturated heterocycles. The van der Waals surface area contributed by atoms with Crippen molar-refractivity contribution in [3.8, 4) is 0 Å². The Morgan fingerprint density at radius 2 is 1.86 bits per heavy atom. The molecular weight excluding hydrogens is 286 g/mol. The fraction of sp³-hybridized carbons (Fsp3) is 0.438. The van der Waals surface area contributed by atoms with Crippen molar-refractivity contribution < 1.29 is 23.6 Å². The number of halogens is 1. The molecule has 0 aromatic heterocycles. The van der Waals surface area contributed by atoms with Gasteiger partial charge in [0.15, 0.2) is 0 Å². The Morgan fingerprint density at radius 3 is 2.32 bits per heavy atom. The van der Waals surface area contributed by atoms with Crippen LogP contribution in [0.3, 0.4) is 0 Å². The van der Waals surface area contributed by atoms with Gasteiger partial charge < -0.3 is 14.4 Å². The van der Waals surface area contributed by atoms with Gasteiger partial charge in [-0.25, -0.2) is 4.39 Å². The van der Waals surface area contributed by atoms with Crippen LogP contribution in [-0.2, 0) is 9.31 Å². The predicted octanol–water partition coefficient (Wildman–Crippen LogP) is 2.65. The van der Waals surface area contributed by atoms with E-state index in [1.807, 2.05) is 27.7 Å². The van der Waals surface area contributed by atoms with Gasteiger partial charge in [0.1, 0.15) is 12.1 Å². The molecule has 0 saturated carbocycles. The van der Waals surface area contributed by atoms with Crippen LogP contribution in [0.15, 0.2) is 23.7 Å². The maximum absolute atomic E-state index is 14.0. The van der Waals surface area contributed by atoms with Crippen LogP contribution in [-0.4, -0.2) is 36.3 Å². The molecule has 0 atom stereocenters. The molecule has 0 unspecified atom stereocenters. The summed E-state index contributed by atoms with van der Waals surface area (Å²) in [6, 6.07) is 4.15. The zero-order valence-electron chi connectivity index (χ0n) is 13.2. The summed E-state index contributed by atoms with van der Waals surface area (Å²) in [7, 11) is -0.736. The molecule has 1 fully saturated rings. The highest BCUT2D eigenvalue weighted by atomic mass is 19.1. The summed E-state index contributed by atoms with van der Waals surface area (Å²) in [4.78, 5) is 10.6. The molecule has 1 heterocycles. The first-order valence-electron chi connectivity index (χ1n) is 7.12. The van der Waals surface area contributed by atoms with Crippen molar-refractivity contribution in [2.45, 2.75) is 38.9 Å². The molecule has 2 rings (SSSR count). The highest BCUT2D eigenvalue weighted by molar-refractivity contribution is 6.55. The maximum Gasteiger partial charge on any atom is 0.492 e. The Hall–Kier alpha value is -1.50. The van der Waals surface area contributed by atoms with E-state index in [0.29, 0.717) is 11.8 Å². The summed E-state index contributed by atoms with van der Waals surface area (Å²) in [5.41, 5.74) is -0.117. The topological polar surface area (TPSA) is 55.8 Å². The third-order valence-corrected chi connectivity index (χ3v) is 4.24. The molecule has 6 heteroatoms. The summed E-state index contributed by atoms with van der Waals surface area (Å²) in [5.74, 6) is -0.535. The van der Waals surface area contributed by atoms with Gasteiger partial charge in [0.25, 0.3) is 0 Å². The number of rotatable bonds is 4. The van der Waals surface area contributed by atoms with Crippen LogP contribution in [0.5, 0.6) is 0 Å². The van der Waals surface area contributed by atoms with Crippen molar-refractivity contribution >= 4 is 19.5 Å². The Labute approximate surface area is 130 Å². The zero-order valence-corrected chi connectivity index (χ0v) is 13.2. The normalized spacial score (nSPS) is 20.3. The van der Waals surface area contributed by atoms with Gasteiger partial charge in [-0.15, -0.1) is 0 Å². The van der Waals surface area contributed by atoms with E-state index in [4.69, 9.17) is 9.31 Å². The van der Waals surface area contributed by atoms with Crippen LogP contribution >= 0.6 is 0 Å². The Balaban J connectivity index is 2.31. The summed E-state index contributed by atoms with van der Waals surface area (Å²) >= 11 is 0. The Kier molecular flexibility index (Phi) is 4.56. The predicted molar refractivity (Wildman–Crippen MR) is 82.9 cm³/mol. The van der Waals surface area contributed by atoms with E-state index in [1.165, 1.54) is 18.2 Å². The summed E-state index contributed by atoms with van der Waals surface area (Å²) in [5, 5.41) is 9.57. The van der Waals surface area contributed by atoms with Gasteiger partial charge in [-0.2, -0.15) is 0 Å². The van der Waals surface area contributed by atoms with Crippen molar-refractivity contribution in [3.63, 3.8) is 0 Å². The molecule has 4 nitrogen and oxygen atoms in total. The minimum atomic E-state index is -0.736. The van der Waals surface area contributed by atoms with Crippen LogP contribution in [0.4, 0.5) is 4.39 Å². The van der Waals surface area contributed by atoms with E-state index in [9.17, 15) is 14.3 Å². The number of aliphatic hydroxyl groups is 1. The molecule has 22 heavy (non-hydrogen) atoms. The summed E-state index contributed by atoms with van der Waals surface area (Å²) in [6.07, 6.45) is 2.07. The minimum Gasteiger partial charge on any atom is -0.400 e. The van der Waals surface area contributed by atoms with Gasteiger partial charge in [-0.1, -0.05) is 18.2 Å². The number of carbonyl (C=O) groups is 1. The van der Waals surface area contributed by atoms with Gasteiger partial charge in [-0.3, -0.25) is 4.79 Å². The molecule has 0 aliphatic carbocycles. The number of carbonyl (C=O) groups excluding carboxylic acids is 1. The van der Waals surface area contributed by atoms with Crippen molar-refractivity contribution in [1.29, 1.82) is 0 Å². The molecule has 1 N–H and O–H groups in total. The lowest BCUT2D eigenvalue weighted by Crippen LogP contribution is -2.41. The number of aldehydes is 1. The number of hydrogen-bond acceptors (Lipinski definition) is 4. The van der Waals surface area contributed by atoms with Crippen LogP contribution in [0.25, 0.3) is 6.08 Å². The average molecular weight is 306 g/mol. The minimum absolute atomic E-state index is 0.260. The smallest absolute Gasteiger partial charge is 0.400 e.